The van der Waals surface area contributed by atoms with Crippen molar-refractivity contribution in [1.82, 2.24) is 10.3 Å². The molecule has 98 valence electrons. The van der Waals surface area contributed by atoms with E-state index in [1.807, 2.05) is 42.6 Å². The van der Waals surface area contributed by atoms with Gasteiger partial charge in [-0.05, 0) is 24.1 Å². The van der Waals surface area contributed by atoms with Crippen LogP contribution in [0.25, 0.3) is 0 Å². The van der Waals surface area contributed by atoms with Gasteiger partial charge in [-0.25, -0.2) is 0 Å². The number of nitrogens with zero attached hydrogens (tertiary/aromatic N) is 1. The van der Waals surface area contributed by atoms with E-state index in [0.717, 1.165) is 23.6 Å². The smallest absolute Gasteiger partial charge is 0.0890 e. The van der Waals surface area contributed by atoms with Crippen LogP contribution < -0.4 is 5.32 Å². The number of nitrogens with one attached hydrogen (secondary N) is 1. The lowest BCUT2D eigenvalue weighted by Gasteiger charge is -2.19. The van der Waals surface area contributed by atoms with Gasteiger partial charge >= 0.3 is 0 Å². The molecule has 0 amide bonds. The molecule has 2 aromatic rings. The summed E-state index contributed by atoms with van der Waals surface area (Å²) in [6, 6.07) is 16.2. The van der Waals surface area contributed by atoms with Crippen LogP contribution in [0.3, 0.4) is 0 Å². The van der Waals surface area contributed by atoms with Gasteiger partial charge in [-0.3, -0.25) is 4.98 Å². The maximum Gasteiger partial charge on any atom is 0.0890 e. The minimum Gasteiger partial charge on any atom is -0.379 e. The number of hydrogen-bond donors (Lipinski definition) is 1. The zero-order chi connectivity index (χ0) is 13.5. The molecule has 0 aliphatic rings. The van der Waals surface area contributed by atoms with Crippen LogP contribution >= 0.6 is 12.2 Å². The molecule has 1 atom stereocenters. The Kier molecular flexibility index (Phi) is 5.04. The molecule has 0 aliphatic heterocycles. The molecule has 0 radical (unpaired) electrons. The summed E-state index contributed by atoms with van der Waals surface area (Å²) in [4.78, 5) is 5.30. The SMILES string of the molecule is CCCNC(=S)C(c1ccccc1)c1ccccn1. The zero-order valence-electron chi connectivity index (χ0n) is 11.0. The number of pyridine rings is 1. The summed E-state index contributed by atoms with van der Waals surface area (Å²) < 4.78 is 0. The van der Waals surface area contributed by atoms with Crippen LogP contribution in [0.15, 0.2) is 54.7 Å². The normalized spacial score (nSPS) is 11.8. The highest BCUT2D eigenvalue weighted by atomic mass is 32.1. The Hall–Kier alpha value is -1.74. The fourth-order valence-corrected chi connectivity index (χ4v) is 2.36. The third-order valence-electron chi connectivity index (χ3n) is 2.93. The largest absolute Gasteiger partial charge is 0.379 e. The van der Waals surface area contributed by atoms with Gasteiger partial charge in [0.05, 0.1) is 16.6 Å². The van der Waals surface area contributed by atoms with Crippen molar-refractivity contribution in [3.8, 4) is 0 Å². The molecule has 0 aliphatic carbocycles. The van der Waals surface area contributed by atoms with E-state index in [0.29, 0.717) is 0 Å². The molecule has 1 aromatic heterocycles. The lowest BCUT2D eigenvalue weighted by atomic mass is 9.95. The third-order valence-corrected chi connectivity index (χ3v) is 3.31. The van der Waals surface area contributed by atoms with Crippen LogP contribution in [0.5, 0.6) is 0 Å². The molecule has 3 heteroatoms. The van der Waals surface area contributed by atoms with Crippen molar-refractivity contribution in [2.45, 2.75) is 19.3 Å². The molecule has 0 saturated carbocycles. The van der Waals surface area contributed by atoms with Crippen LogP contribution in [-0.4, -0.2) is 16.5 Å². The first kappa shape index (κ1) is 13.7. The summed E-state index contributed by atoms with van der Waals surface area (Å²) in [6.45, 7) is 3.03. The molecule has 2 rings (SSSR count). The van der Waals surface area contributed by atoms with Crippen molar-refractivity contribution >= 4 is 17.2 Å². The van der Waals surface area contributed by atoms with Crippen molar-refractivity contribution in [3.05, 3.63) is 66.0 Å². The highest BCUT2D eigenvalue weighted by Crippen LogP contribution is 2.23. The van der Waals surface area contributed by atoms with Gasteiger partial charge < -0.3 is 5.32 Å². The molecular formula is C16H18N2S. The Morgan fingerprint density at radius 2 is 1.89 bits per heavy atom. The quantitative estimate of drug-likeness (QED) is 0.841. The minimum atomic E-state index is 0.0314. The highest BCUT2D eigenvalue weighted by Gasteiger charge is 2.19. The Balaban J connectivity index is 2.31. The Labute approximate surface area is 119 Å². The van der Waals surface area contributed by atoms with Crippen LogP contribution in [0.2, 0.25) is 0 Å². The van der Waals surface area contributed by atoms with E-state index < -0.39 is 0 Å². The second kappa shape index (κ2) is 7.00. The number of thiocarbonyl (C=S) groups is 1. The topological polar surface area (TPSA) is 24.9 Å². The number of hydrogen-bond acceptors (Lipinski definition) is 2. The fourth-order valence-electron chi connectivity index (χ4n) is 2.00. The summed E-state index contributed by atoms with van der Waals surface area (Å²) in [5.74, 6) is 0.0314. The second-order valence-corrected chi connectivity index (χ2v) is 4.83. The standard InChI is InChI=1S/C16H18N2S/c1-2-11-18-16(19)15(13-8-4-3-5-9-13)14-10-6-7-12-17-14/h3-10,12,15H,2,11H2,1H3,(H,18,19). The maximum absolute atomic E-state index is 5.55. The molecule has 0 fully saturated rings. The predicted octanol–water partition coefficient (Wildman–Crippen LogP) is 3.54. The first-order valence-electron chi connectivity index (χ1n) is 6.56. The van der Waals surface area contributed by atoms with Crippen LogP contribution in [0, 0.1) is 0 Å². The lowest BCUT2D eigenvalue weighted by molar-refractivity contribution is 0.820. The second-order valence-electron chi connectivity index (χ2n) is 4.39. The van der Waals surface area contributed by atoms with Crippen LogP contribution in [-0.2, 0) is 0 Å². The number of benzene rings is 1. The Morgan fingerprint density at radius 1 is 1.16 bits per heavy atom. The van der Waals surface area contributed by atoms with Crippen molar-refractivity contribution in [1.29, 1.82) is 0 Å². The molecule has 0 saturated heterocycles. The predicted molar refractivity (Wildman–Crippen MR) is 83.4 cm³/mol. The lowest BCUT2D eigenvalue weighted by Crippen LogP contribution is -2.29. The van der Waals surface area contributed by atoms with Crippen LogP contribution in [0.1, 0.15) is 30.5 Å². The van der Waals surface area contributed by atoms with Gasteiger partial charge in [-0.2, -0.15) is 0 Å². The van der Waals surface area contributed by atoms with Crippen molar-refractivity contribution in [2.75, 3.05) is 6.54 Å². The van der Waals surface area contributed by atoms with E-state index in [2.05, 4.69) is 29.4 Å². The van der Waals surface area contributed by atoms with Gasteiger partial charge in [-0.15, -0.1) is 0 Å². The first-order chi connectivity index (χ1) is 9.33. The maximum atomic E-state index is 5.55. The monoisotopic (exact) mass is 270 g/mol. The summed E-state index contributed by atoms with van der Waals surface area (Å²) in [7, 11) is 0. The van der Waals surface area contributed by atoms with E-state index in [9.17, 15) is 0 Å². The molecule has 2 nitrogen and oxygen atoms in total. The molecule has 19 heavy (non-hydrogen) atoms. The van der Waals surface area contributed by atoms with Gasteiger partial charge in [0.2, 0.25) is 0 Å². The van der Waals surface area contributed by atoms with Gasteiger partial charge in [-0.1, -0.05) is 55.5 Å². The van der Waals surface area contributed by atoms with E-state index in [1.54, 1.807) is 0 Å². The van der Waals surface area contributed by atoms with Gasteiger partial charge in [0.1, 0.15) is 0 Å². The van der Waals surface area contributed by atoms with Gasteiger partial charge in [0.15, 0.2) is 0 Å². The molecule has 1 aromatic carbocycles. The molecule has 0 spiro atoms. The zero-order valence-corrected chi connectivity index (χ0v) is 11.9. The van der Waals surface area contributed by atoms with Crippen LogP contribution in [0.4, 0.5) is 0 Å². The van der Waals surface area contributed by atoms with E-state index in [1.165, 1.54) is 5.56 Å². The minimum absolute atomic E-state index is 0.0314. The van der Waals surface area contributed by atoms with E-state index in [-0.39, 0.29) is 5.92 Å². The number of aromatic nitrogens is 1. The molecule has 1 unspecified atom stereocenters. The molecule has 0 bridgehead atoms. The average molecular weight is 270 g/mol. The molecule has 1 heterocycles. The van der Waals surface area contributed by atoms with Crippen molar-refractivity contribution < 1.29 is 0 Å². The third kappa shape index (κ3) is 3.61. The van der Waals surface area contributed by atoms with Gasteiger partial charge in [0, 0.05) is 12.7 Å². The summed E-state index contributed by atoms with van der Waals surface area (Å²) in [5, 5.41) is 3.32. The molecular weight excluding hydrogens is 252 g/mol. The summed E-state index contributed by atoms with van der Waals surface area (Å²) in [6.07, 6.45) is 2.87. The average Bonchev–Trinajstić information content (AvgIpc) is 2.47. The van der Waals surface area contributed by atoms with Crippen molar-refractivity contribution in [3.63, 3.8) is 0 Å². The van der Waals surface area contributed by atoms with E-state index in [4.69, 9.17) is 12.2 Å². The van der Waals surface area contributed by atoms with E-state index >= 15 is 0 Å². The highest BCUT2D eigenvalue weighted by molar-refractivity contribution is 7.80. The van der Waals surface area contributed by atoms with Gasteiger partial charge in [0.25, 0.3) is 0 Å². The Morgan fingerprint density at radius 3 is 2.53 bits per heavy atom. The number of rotatable bonds is 5. The molecule has 1 N–H and O–H groups in total. The Bertz CT molecular complexity index is 471. The first-order valence-corrected chi connectivity index (χ1v) is 6.97. The summed E-state index contributed by atoms with van der Waals surface area (Å²) in [5.41, 5.74) is 2.16. The fraction of sp³-hybridized carbons (Fsp3) is 0.250. The summed E-state index contributed by atoms with van der Waals surface area (Å²) >= 11 is 5.55. The van der Waals surface area contributed by atoms with Crippen molar-refractivity contribution in [2.24, 2.45) is 0 Å².